The summed E-state index contributed by atoms with van der Waals surface area (Å²) in [6, 6.07) is 8.56. The standard InChI is InChI=1S/C19H25N3O4S/c1-5-25-16-8-6-14(7-9-16)20-18(24)13(4)27-19-21-15(10-17(23)22-19)11-26-12(2)3/h6-10,12-13H,5,11H2,1-4H3,(H,20,24)(H,21,22,23). The molecule has 27 heavy (non-hydrogen) atoms. The summed E-state index contributed by atoms with van der Waals surface area (Å²) in [6.45, 7) is 8.34. The lowest BCUT2D eigenvalue weighted by atomic mass is 10.3. The largest absolute Gasteiger partial charge is 0.494 e. The molecule has 0 saturated heterocycles. The number of amides is 1. The number of H-pyrrole nitrogens is 1. The van der Waals surface area contributed by atoms with Gasteiger partial charge in [-0.3, -0.25) is 9.59 Å². The van der Waals surface area contributed by atoms with Crippen molar-refractivity contribution in [3.8, 4) is 5.75 Å². The van der Waals surface area contributed by atoms with Gasteiger partial charge in [0.1, 0.15) is 5.75 Å². The summed E-state index contributed by atoms with van der Waals surface area (Å²) < 4.78 is 10.9. The summed E-state index contributed by atoms with van der Waals surface area (Å²) >= 11 is 1.19. The van der Waals surface area contributed by atoms with Crippen LogP contribution in [-0.4, -0.2) is 33.8 Å². The third-order valence-corrected chi connectivity index (χ3v) is 4.41. The second-order valence-electron chi connectivity index (χ2n) is 6.11. The number of rotatable bonds is 9. The number of hydrogen-bond donors (Lipinski definition) is 2. The fourth-order valence-electron chi connectivity index (χ4n) is 2.13. The second kappa shape index (κ2) is 10.1. The molecule has 0 bridgehead atoms. The van der Waals surface area contributed by atoms with Crippen LogP contribution in [0.5, 0.6) is 5.75 Å². The second-order valence-corrected chi connectivity index (χ2v) is 7.44. The molecule has 0 radical (unpaired) electrons. The van der Waals surface area contributed by atoms with Gasteiger partial charge in [-0.2, -0.15) is 0 Å². The van der Waals surface area contributed by atoms with Gasteiger partial charge < -0.3 is 19.8 Å². The number of nitrogens with zero attached hydrogens (tertiary/aromatic N) is 1. The number of carbonyl (C=O) groups excluding carboxylic acids is 1. The van der Waals surface area contributed by atoms with Crippen LogP contribution in [0.15, 0.2) is 40.3 Å². The average Bonchev–Trinajstić information content (AvgIpc) is 2.61. The maximum atomic E-state index is 12.4. The molecule has 0 spiro atoms. The maximum absolute atomic E-state index is 12.4. The lowest BCUT2D eigenvalue weighted by Gasteiger charge is -2.13. The molecular formula is C19H25N3O4S. The zero-order valence-corrected chi connectivity index (χ0v) is 16.8. The molecule has 0 saturated carbocycles. The lowest BCUT2D eigenvalue weighted by Crippen LogP contribution is -2.23. The molecule has 1 aromatic heterocycles. The Morgan fingerprint density at radius 1 is 1.26 bits per heavy atom. The van der Waals surface area contributed by atoms with E-state index in [0.29, 0.717) is 23.1 Å². The van der Waals surface area contributed by atoms with Crippen LogP contribution in [0.4, 0.5) is 5.69 Å². The minimum Gasteiger partial charge on any atom is -0.494 e. The first-order valence-corrected chi connectivity index (χ1v) is 9.67. The van der Waals surface area contributed by atoms with Gasteiger partial charge in [-0.15, -0.1) is 0 Å². The molecule has 1 atom stereocenters. The topological polar surface area (TPSA) is 93.3 Å². The SMILES string of the molecule is CCOc1ccc(NC(=O)C(C)Sc2nc(COC(C)C)cc(=O)[nH]2)cc1. The quantitative estimate of drug-likeness (QED) is 0.504. The van der Waals surface area contributed by atoms with Crippen LogP contribution < -0.4 is 15.6 Å². The van der Waals surface area contributed by atoms with Crippen LogP contribution in [0.1, 0.15) is 33.4 Å². The van der Waals surface area contributed by atoms with Crippen molar-refractivity contribution < 1.29 is 14.3 Å². The number of thioether (sulfide) groups is 1. The summed E-state index contributed by atoms with van der Waals surface area (Å²) in [6.07, 6.45) is 0.0426. The molecule has 2 N–H and O–H groups in total. The van der Waals surface area contributed by atoms with Crippen molar-refractivity contribution in [3.05, 3.63) is 46.4 Å². The van der Waals surface area contributed by atoms with Crippen molar-refractivity contribution >= 4 is 23.4 Å². The molecular weight excluding hydrogens is 366 g/mol. The summed E-state index contributed by atoms with van der Waals surface area (Å²) in [4.78, 5) is 31.2. The van der Waals surface area contributed by atoms with E-state index in [1.807, 2.05) is 20.8 Å². The Kier molecular flexibility index (Phi) is 7.87. The predicted octanol–water partition coefficient (Wildman–Crippen LogP) is 3.21. The van der Waals surface area contributed by atoms with Gasteiger partial charge in [0.25, 0.3) is 5.56 Å². The number of aromatic amines is 1. The van der Waals surface area contributed by atoms with Crippen molar-refractivity contribution in [3.63, 3.8) is 0 Å². The molecule has 0 aliphatic rings. The number of hydrogen-bond acceptors (Lipinski definition) is 6. The fourth-order valence-corrected chi connectivity index (χ4v) is 2.96. The van der Waals surface area contributed by atoms with E-state index < -0.39 is 5.25 Å². The van der Waals surface area contributed by atoms with Gasteiger partial charge in [0.15, 0.2) is 5.16 Å². The smallest absolute Gasteiger partial charge is 0.251 e. The Hall–Kier alpha value is -2.32. The molecule has 0 aliphatic heterocycles. The number of ether oxygens (including phenoxy) is 2. The van der Waals surface area contributed by atoms with Crippen LogP contribution >= 0.6 is 11.8 Å². The molecule has 146 valence electrons. The molecule has 1 amide bonds. The third-order valence-electron chi connectivity index (χ3n) is 3.43. The summed E-state index contributed by atoms with van der Waals surface area (Å²) in [5, 5.41) is 2.79. The van der Waals surface area contributed by atoms with Crippen LogP contribution in [0.2, 0.25) is 0 Å². The van der Waals surface area contributed by atoms with E-state index in [-0.39, 0.29) is 24.2 Å². The molecule has 0 aliphatic carbocycles. The van der Waals surface area contributed by atoms with Gasteiger partial charge in [-0.1, -0.05) is 11.8 Å². The summed E-state index contributed by atoms with van der Waals surface area (Å²) in [5.74, 6) is 0.566. The van der Waals surface area contributed by atoms with Crippen molar-refractivity contribution in [2.75, 3.05) is 11.9 Å². The minimum absolute atomic E-state index is 0.0426. The molecule has 1 aromatic carbocycles. The van der Waals surface area contributed by atoms with E-state index in [1.165, 1.54) is 17.8 Å². The first kappa shape index (κ1) is 21.0. The predicted molar refractivity (Wildman–Crippen MR) is 106 cm³/mol. The fraction of sp³-hybridized carbons (Fsp3) is 0.421. The van der Waals surface area contributed by atoms with Gasteiger partial charge in [-0.25, -0.2) is 4.98 Å². The van der Waals surface area contributed by atoms with E-state index in [1.54, 1.807) is 31.2 Å². The highest BCUT2D eigenvalue weighted by Gasteiger charge is 2.16. The van der Waals surface area contributed by atoms with E-state index in [9.17, 15) is 9.59 Å². The van der Waals surface area contributed by atoms with Gasteiger partial charge in [0, 0.05) is 11.8 Å². The highest BCUT2D eigenvalue weighted by atomic mass is 32.2. The highest BCUT2D eigenvalue weighted by Crippen LogP contribution is 2.21. The average molecular weight is 391 g/mol. The Morgan fingerprint density at radius 2 is 1.96 bits per heavy atom. The maximum Gasteiger partial charge on any atom is 0.251 e. The molecule has 1 heterocycles. The Labute approximate surface area is 162 Å². The molecule has 7 nitrogen and oxygen atoms in total. The summed E-state index contributed by atoms with van der Waals surface area (Å²) in [7, 11) is 0. The van der Waals surface area contributed by atoms with E-state index >= 15 is 0 Å². The Balaban J connectivity index is 1.98. The van der Waals surface area contributed by atoms with Gasteiger partial charge in [0.05, 0.1) is 30.3 Å². The first-order valence-electron chi connectivity index (χ1n) is 8.79. The lowest BCUT2D eigenvalue weighted by molar-refractivity contribution is -0.115. The minimum atomic E-state index is -0.444. The number of carbonyl (C=O) groups is 1. The van der Waals surface area contributed by atoms with Crippen LogP contribution in [0.25, 0.3) is 0 Å². The van der Waals surface area contributed by atoms with Crippen LogP contribution in [-0.2, 0) is 16.1 Å². The normalized spacial score (nSPS) is 12.0. The van der Waals surface area contributed by atoms with Crippen molar-refractivity contribution in [2.45, 2.75) is 50.8 Å². The zero-order chi connectivity index (χ0) is 19.8. The van der Waals surface area contributed by atoms with Gasteiger partial charge in [-0.05, 0) is 52.0 Å². The van der Waals surface area contributed by atoms with Gasteiger partial charge in [0.2, 0.25) is 5.91 Å². The molecule has 2 rings (SSSR count). The Morgan fingerprint density at radius 3 is 2.59 bits per heavy atom. The zero-order valence-electron chi connectivity index (χ0n) is 15.9. The van der Waals surface area contributed by atoms with E-state index in [2.05, 4.69) is 15.3 Å². The van der Waals surface area contributed by atoms with Gasteiger partial charge >= 0.3 is 0 Å². The number of aromatic nitrogens is 2. The van der Waals surface area contributed by atoms with E-state index in [0.717, 1.165) is 5.75 Å². The van der Waals surface area contributed by atoms with Crippen LogP contribution in [0, 0.1) is 0 Å². The Bertz CT molecular complexity index is 805. The van der Waals surface area contributed by atoms with Crippen LogP contribution in [0.3, 0.4) is 0 Å². The molecule has 8 heteroatoms. The molecule has 2 aromatic rings. The van der Waals surface area contributed by atoms with Crippen molar-refractivity contribution in [2.24, 2.45) is 0 Å². The molecule has 1 unspecified atom stereocenters. The number of anilines is 1. The molecule has 0 fully saturated rings. The van der Waals surface area contributed by atoms with Crippen molar-refractivity contribution in [1.29, 1.82) is 0 Å². The monoisotopic (exact) mass is 391 g/mol. The van der Waals surface area contributed by atoms with E-state index in [4.69, 9.17) is 9.47 Å². The number of benzene rings is 1. The third kappa shape index (κ3) is 7.07. The number of nitrogens with one attached hydrogen (secondary N) is 2. The summed E-state index contributed by atoms with van der Waals surface area (Å²) in [5.41, 5.74) is 0.944. The first-order chi connectivity index (χ1) is 12.9. The van der Waals surface area contributed by atoms with Crippen molar-refractivity contribution in [1.82, 2.24) is 9.97 Å². The highest BCUT2D eigenvalue weighted by molar-refractivity contribution is 8.00.